The average Bonchev–Trinajstić information content (AvgIpc) is 2.58. The molecule has 2 bridgehead atoms. The molecule has 1 aliphatic carbocycles. The van der Waals surface area contributed by atoms with E-state index in [4.69, 9.17) is 10.5 Å². The first-order chi connectivity index (χ1) is 9.33. The van der Waals surface area contributed by atoms with Gasteiger partial charge in [-0.15, -0.1) is 0 Å². The summed E-state index contributed by atoms with van der Waals surface area (Å²) in [7, 11) is 0. The van der Waals surface area contributed by atoms with E-state index < -0.39 is 5.60 Å². The molecule has 2 atom stereocenters. The van der Waals surface area contributed by atoms with Crippen LogP contribution in [0.15, 0.2) is 18.2 Å². The molecule has 1 aromatic carbocycles. The van der Waals surface area contributed by atoms with Gasteiger partial charge in [0.2, 0.25) is 0 Å². The van der Waals surface area contributed by atoms with Gasteiger partial charge in [0, 0.05) is 30.6 Å². The number of nitrogens with zero attached hydrogens (tertiary/aromatic N) is 1. The van der Waals surface area contributed by atoms with Crippen LogP contribution < -0.4 is 5.73 Å². The van der Waals surface area contributed by atoms with Crippen molar-refractivity contribution in [2.75, 3.05) is 18.8 Å². The van der Waals surface area contributed by atoms with Gasteiger partial charge in [0.15, 0.2) is 0 Å². The van der Waals surface area contributed by atoms with Crippen LogP contribution in [0.2, 0.25) is 0 Å². The average molecular weight is 274 g/mol. The lowest BCUT2D eigenvalue weighted by atomic mass is 9.96. The lowest BCUT2D eigenvalue weighted by Crippen LogP contribution is -2.42. The summed E-state index contributed by atoms with van der Waals surface area (Å²) in [6.45, 7) is 7.20. The van der Waals surface area contributed by atoms with Crippen molar-refractivity contribution in [2.24, 2.45) is 0 Å². The maximum Gasteiger partial charge on any atom is 0.410 e. The van der Waals surface area contributed by atoms with E-state index in [1.54, 1.807) is 0 Å². The molecule has 1 aromatic rings. The molecule has 2 unspecified atom stereocenters. The molecule has 3 rings (SSSR count). The summed E-state index contributed by atoms with van der Waals surface area (Å²) in [4.78, 5) is 14.1. The molecular formula is C16H22N2O2. The van der Waals surface area contributed by atoms with Crippen LogP contribution >= 0.6 is 0 Å². The van der Waals surface area contributed by atoms with Crippen LogP contribution in [0.3, 0.4) is 0 Å². The number of piperidine rings is 1. The number of hydrogen-bond donors (Lipinski definition) is 1. The van der Waals surface area contributed by atoms with Crippen molar-refractivity contribution in [3.8, 4) is 0 Å². The number of likely N-dealkylation sites (tertiary alicyclic amines) is 1. The Morgan fingerprint density at radius 2 is 1.90 bits per heavy atom. The van der Waals surface area contributed by atoms with Gasteiger partial charge in [0.05, 0.1) is 0 Å². The number of nitrogen functional groups attached to an aromatic ring is 1. The largest absolute Gasteiger partial charge is 0.444 e. The van der Waals surface area contributed by atoms with Crippen LogP contribution in [0.4, 0.5) is 10.5 Å². The lowest BCUT2D eigenvalue weighted by Gasteiger charge is -2.33. The molecule has 0 spiro atoms. The van der Waals surface area contributed by atoms with Crippen molar-refractivity contribution in [3.05, 3.63) is 29.3 Å². The highest BCUT2D eigenvalue weighted by Crippen LogP contribution is 2.46. The van der Waals surface area contributed by atoms with Crippen molar-refractivity contribution >= 4 is 11.8 Å². The Kier molecular flexibility index (Phi) is 2.92. The number of hydrogen-bond acceptors (Lipinski definition) is 3. The maximum absolute atomic E-state index is 12.2. The van der Waals surface area contributed by atoms with E-state index in [1.807, 2.05) is 31.7 Å². The highest BCUT2D eigenvalue weighted by Gasteiger charge is 2.40. The summed E-state index contributed by atoms with van der Waals surface area (Å²) in [6.07, 6.45) is 0.922. The molecule has 1 amide bonds. The number of benzene rings is 1. The number of carbonyl (C=O) groups is 1. The van der Waals surface area contributed by atoms with Crippen LogP contribution in [-0.4, -0.2) is 29.7 Å². The molecule has 0 aromatic heterocycles. The Balaban J connectivity index is 1.79. The van der Waals surface area contributed by atoms with E-state index in [2.05, 4.69) is 12.1 Å². The van der Waals surface area contributed by atoms with Gasteiger partial charge < -0.3 is 15.4 Å². The topological polar surface area (TPSA) is 55.6 Å². The summed E-state index contributed by atoms with van der Waals surface area (Å²) < 4.78 is 5.49. The molecule has 2 N–H and O–H groups in total. The Bertz CT molecular complexity index is 548. The van der Waals surface area contributed by atoms with Gasteiger partial charge in [-0.1, -0.05) is 6.07 Å². The first-order valence-corrected chi connectivity index (χ1v) is 7.21. The van der Waals surface area contributed by atoms with E-state index in [0.717, 1.165) is 25.2 Å². The zero-order chi connectivity index (χ0) is 14.5. The number of nitrogens with two attached hydrogens (primary N) is 1. The summed E-state index contributed by atoms with van der Waals surface area (Å²) in [6, 6.07) is 6.14. The quantitative estimate of drug-likeness (QED) is 0.740. The van der Waals surface area contributed by atoms with Crippen molar-refractivity contribution in [2.45, 2.75) is 44.6 Å². The molecule has 0 radical (unpaired) electrons. The fourth-order valence-electron chi connectivity index (χ4n) is 3.34. The minimum atomic E-state index is -0.440. The number of ether oxygens (including phenoxy) is 1. The van der Waals surface area contributed by atoms with Crippen molar-refractivity contribution < 1.29 is 9.53 Å². The fourth-order valence-corrected chi connectivity index (χ4v) is 3.34. The van der Waals surface area contributed by atoms with Gasteiger partial charge in [-0.25, -0.2) is 4.79 Å². The molecule has 1 saturated heterocycles. The predicted octanol–water partition coefficient (Wildman–Crippen LogP) is 3.09. The summed E-state index contributed by atoms with van der Waals surface area (Å²) in [5, 5.41) is 0. The van der Waals surface area contributed by atoms with E-state index in [-0.39, 0.29) is 6.09 Å². The highest BCUT2D eigenvalue weighted by molar-refractivity contribution is 5.69. The number of amides is 1. The standard InChI is InChI=1S/C16H22N2O2/c1-16(2,3)20-15(19)18-8-10-6-11(9-18)14-7-12(17)4-5-13(10)14/h4-5,7,10-11H,6,8-9,17H2,1-3H3. The van der Waals surface area contributed by atoms with Crippen molar-refractivity contribution in [1.82, 2.24) is 4.90 Å². The highest BCUT2D eigenvalue weighted by atomic mass is 16.6. The van der Waals surface area contributed by atoms with Gasteiger partial charge in [-0.3, -0.25) is 0 Å². The van der Waals surface area contributed by atoms with Crippen LogP contribution in [0.1, 0.15) is 50.2 Å². The van der Waals surface area contributed by atoms with E-state index >= 15 is 0 Å². The molecule has 4 nitrogen and oxygen atoms in total. The molecule has 1 heterocycles. The van der Waals surface area contributed by atoms with Crippen LogP contribution in [0, 0.1) is 0 Å². The number of anilines is 1. The van der Waals surface area contributed by atoms with Crippen molar-refractivity contribution in [1.29, 1.82) is 0 Å². The van der Waals surface area contributed by atoms with Crippen LogP contribution in [0.5, 0.6) is 0 Å². The Labute approximate surface area is 119 Å². The zero-order valence-corrected chi connectivity index (χ0v) is 12.3. The second-order valence-corrected chi connectivity index (χ2v) is 6.90. The minimum Gasteiger partial charge on any atom is -0.444 e. The third-order valence-corrected chi connectivity index (χ3v) is 4.09. The Morgan fingerprint density at radius 3 is 2.55 bits per heavy atom. The third kappa shape index (κ3) is 2.35. The molecule has 1 fully saturated rings. The summed E-state index contributed by atoms with van der Waals surface area (Å²) in [5.41, 5.74) is 8.93. The summed E-state index contributed by atoms with van der Waals surface area (Å²) in [5.74, 6) is 0.830. The second kappa shape index (κ2) is 4.40. The molecule has 2 aliphatic rings. The SMILES string of the molecule is CC(C)(C)OC(=O)N1CC2CC(C1)c1cc(N)ccc12. The van der Waals surface area contributed by atoms with Gasteiger partial charge >= 0.3 is 6.09 Å². The van der Waals surface area contributed by atoms with Crippen LogP contribution in [-0.2, 0) is 4.74 Å². The van der Waals surface area contributed by atoms with Gasteiger partial charge in [-0.05, 0) is 50.5 Å². The number of rotatable bonds is 0. The van der Waals surface area contributed by atoms with E-state index in [0.29, 0.717) is 11.8 Å². The van der Waals surface area contributed by atoms with Crippen molar-refractivity contribution in [3.63, 3.8) is 0 Å². The minimum absolute atomic E-state index is 0.201. The van der Waals surface area contributed by atoms with Gasteiger partial charge in [0.25, 0.3) is 0 Å². The normalized spacial score (nSPS) is 24.4. The molecule has 4 heteroatoms. The molecule has 0 saturated carbocycles. The van der Waals surface area contributed by atoms with Gasteiger partial charge in [-0.2, -0.15) is 0 Å². The van der Waals surface area contributed by atoms with Gasteiger partial charge in [0.1, 0.15) is 5.60 Å². The van der Waals surface area contributed by atoms with E-state index in [1.165, 1.54) is 11.1 Å². The molecule has 1 aliphatic heterocycles. The van der Waals surface area contributed by atoms with E-state index in [9.17, 15) is 4.79 Å². The number of fused-ring (bicyclic) bond motifs is 5. The first-order valence-electron chi connectivity index (χ1n) is 7.21. The third-order valence-electron chi connectivity index (χ3n) is 4.09. The predicted molar refractivity (Wildman–Crippen MR) is 78.8 cm³/mol. The monoisotopic (exact) mass is 274 g/mol. The first kappa shape index (κ1) is 13.3. The molecule has 108 valence electrons. The molecular weight excluding hydrogens is 252 g/mol. The fraction of sp³-hybridized carbons (Fsp3) is 0.562. The smallest absolute Gasteiger partial charge is 0.410 e. The van der Waals surface area contributed by atoms with Crippen LogP contribution in [0.25, 0.3) is 0 Å². The second-order valence-electron chi connectivity index (χ2n) is 6.90. The lowest BCUT2D eigenvalue weighted by molar-refractivity contribution is 0.0193. The Morgan fingerprint density at radius 1 is 1.25 bits per heavy atom. The zero-order valence-electron chi connectivity index (χ0n) is 12.3. The maximum atomic E-state index is 12.2. The number of carbonyl (C=O) groups excluding carboxylic acids is 1. The molecule has 20 heavy (non-hydrogen) atoms. The Hall–Kier alpha value is -1.71. The summed E-state index contributed by atoms with van der Waals surface area (Å²) >= 11 is 0.